The molecule has 3 heterocycles. The van der Waals surface area contributed by atoms with Gasteiger partial charge in [-0.2, -0.15) is 0 Å². The van der Waals surface area contributed by atoms with Crippen LogP contribution in [0.5, 0.6) is 0 Å². The minimum absolute atomic E-state index is 0. The van der Waals surface area contributed by atoms with E-state index in [4.69, 9.17) is 13.5 Å². The third kappa shape index (κ3) is 8.21. The van der Waals surface area contributed by atoms with Crippen LogP contribution in [0.3, 0.4) is 0 Å². The molecular formula is C46H39FIrN2OSi-2. The van der Waals surface area contributed by atoms with Crippen LogP contribution in [-0.4, -0.2) is 18.0 Å². The Hall–Kier alpha value is -5.00. The van der Waals surface area contributed by atoms with Crippen LogP contribution in [-0.2, 0) is 26.5 Å². The predicted molar refractivity (Wildman–Crippen MR) is 210 cm³/mol. The summed E-state index contributed by atoms with van der Waals surface area (Å²) >= 11 is 0. The molecule has 3 aromatic heterocycles. The van der Waals surface area contributed by atoms with E-state index in [1.165, 1.54) is 17.3 Å². The largest absolute Gasteiger partial charge is 0.500 e. The van der Waals surface area contributed by atoms with Crippen LogP contribution in [0.25, 0.3) is 44.5 Å². The summed E-state index contributed by atoms with van der Waals surface area (Å²) in [5.41, 5.74) is 6.91. The number of rotatable bonds is 7. The van der Waals surface area contributed by atoms with Crippen LogP contribution < -0.4 is 5.19 Å². The smallest absolute Gasteiger partial charge is 0.126 e. The minimum Gasteiger partial charge on any atom is -0.500 e. The number of pyridine rings is 2. The summed E-state index contributed by atoms with van der Waals surface area (Å²) in [6.07, 6.45) is 1.90. The zero-order valence-corrected chi connectivity index (χ0v) is 32.8. The molecule has 1 atom stereocenters. The van der Waals surface area contributed by atoms with E-state index in [9.17, 15) is 4.39 Å². The quantitative estimate of drug-likeness (QED) is 0.118. The maximum Gasteiger partial charge on any atom is 0.126 e. The molecule has 0 saturated carbocycles. The monoisotopic (exact) mass is 878 g/mol. The van der Waals surface area contributed by atoms with Crippen molar-refractivity contribution in [1.82, 2.24) is 9.97 Å². The van der Waals surface area contributed by atoms with Gasteiger partial charge in [-0.25, -0.2) is 4.39 Å². The summed E-state index contributed by atoms with van der Waals surface area (Å²) in [7, 11) is -1.37. The number of furan rings is 1. The van der Waals surface area contributed by atoms with Gasteiger partial charge in [0.25, 0.3) is 0 Å². The van der Waals surface area contributed by atoms with Crippen molar-refractivity contribution in [3.05, 3.63) is 186 Å². The van der Waals surface area contributed by atoms with Crippen molar-refractivity contribution in [2.24, 2.45) is 0 Å². The summed E-state index contributed by atoms with van der Waals surface area (Å²) < 4.78 is 45.7. The Bertz CT molecular complexity index is 2560. The van der Waals surface area contributed by atoms with Gasteiger partial charge in [0, 0.05) is 48.1 Å². The molecule has 0 aliphatic carbocycles. The second-order valence-corrected chi connectivity index (χ2v) is 18.5. The number of hydrogen-bond donors (Lipinski definition) is 0. The van der Waals surface area contributed by atoms with Gasteiger partial charge in [-0.15, -0.1) is 53.6 Å². The van der Waals surface area contributed by atoms with Crippen molar-refractivity contribution in [3.8, 4) is 22.5 Å². The zero-order valence-electron chi connectivity index (χ0n) is 32.4. The van der Waals surface area contributed by atoms with Gasteiger partial charge in [0.15, 0.2) is 0 Å². The van der Waals surface area contributed by atoms with Crippen molar-refractivity contribution in [1.29, 1.82) is 0 Å². The molecule has 8 aromatic rings. The number of aromatic nitrogens is 2. The summed E-state index contributed by atoms with van der Waals surface area (Å²) in [6, 6.07) is 47.0. The maximum absolute atomic E-state index is 13.6. The van der Waals surface area contributed by atoms with E-state index in [0.29, 0.717) is 33.6 Å². The molecule has 8 rings (SSSR count). The Labute approximate surface area is 324 Å². The molecule has 0 saturated heterocycles. The van der Waals surface area contributed by atoms with E-state index in [2.05, 4.69) is 48.9 Å². The molecule has 52 heavy (non-hydrogen) atoms. The Morgan fingerprint density at radius 2 is 1.50 bits per heavy atom. The zero-order chi connectivity index (χ0) is 38.1. The van der Waals surface area contributed by atoms with E-state index in [1.54, 1.807) is 42.6 Å². The summed E-state index contributed by atoms with van der Waals surface area (Å²) in [4.78, 5) is 9.13. The van der Waals surface area contributed by atoms with E-state index in [-0.39, 0.29) is 25.9 Å². The summed E-state index contributed by atoms with van der Waals surface area (Å²) in [5, 5.41) is 2.99. The van der Waals surface area contributed by atoms with Gasteiger partial charge in [-0.3, -0.25) is 0 Å². The number of fused-ring (bicyclic) bond motifs is 3. The van der Waals surface area contributed by atoms with Crippen LogP contribution in [0.15, 0.2) is 150 Å². The first-order chi connectivity index (χ1) is 25.8. The molecular weight excluding hydrogens is 836 g/mol. The van der Waals surface area contributed by atoms with Gasteiger partial charge in [-0.1, -0.05) is 116 Å². The molecule has 1 unspecified atom stereocenters. The number of benzene rings is 5. The van der Waals surface area contributed by atoms with Gasteiger partial charge >= 0.3 is 0 Å². The predicted octanol–water partition coefficient (Wildman–Crippen LogP) is 11.4. The van der Waals surface area contributed by atoms with Gasteiger partial charge in [0.05, 0.1) is 13.7 Å². The second-order valence-electron chi connectivity index (χ2n) is 13.4. The SMILES string of the molecule is [2H]C(C)(c1ccccc1)c1ccc[c-]c1-c1ccc([Si](C)(C)C)cn1.[2H]C([2H])(c1ccccc1)c1ccnc(-c2[c-]ccc3c2oc2cc(F)ccc23)c1.[Ir]. The van der Waals surface area contributed by atoms with Gasteiger partial charge in [0.2, 0.25) is 0 Å². The minimum atomic E-state index is -1.68. The van der Waals surface area contributed by atoms with E-state index >= 15 is 0 Å². The summed E-state index contributed by atoms with van der Waals surface area (Å²) in [6.45, 7) is 8.89. The molecule has 0 N–H and O–H groups in total. The average molecular weight is 878 g/mol. The third-order valence-electron chi connectivity index (χ3n) is 8.83. The van der Waals surface area contributed by atoms with Gasteiger partial charge in [-0.05, 0) is 63.7 Å². The van der Waals surface area contributed by atoms with E-state index in [1.807, 2.05) is 85.9 Å². The molecule has 0 fully saturated rings. The molecule has 0 aliphatic rings. The average Bonchev–Trinajstić information content (AvgIpc) is 3.56. The Morgan fingerprint density at radius 1 is 0.750 bits per heavy atom. The van der Waals surface area contributed by atoms with Crippen molar-refractivity contribution < 1.29 is 33.0 Å². The molecule has 0 aliphatic heterocycles. The maximum atomic E-state index is 13.6. The van der Waals surface area contributed by atoms with Crippen LogP contribution in [0, 0.1) is 17.9 Å². The van der Waals surface area contributed by atoms with Crippen LogP contribution in [0.1, 0.15) is 39.2 Å². The van der Waals surface area contributed by atoms with Gasteiger partial charge < -0.3 is 14.4 Å². The van der Waals surface area contributed by atoms with Crippen molar-refractivity contribution in [2.45, 2.75) is 38.8 Å². The first kappa shape index (κ1) is 32.9. The van der Waals surface area contributed by atoms with Crippen LogP contribution >= 0.6 is 0 Å². The normalized spacial score (nSPS) is 13.5. The molecule has 5 aromatic carbocycles. The first-order valence-electron chi connectivity index (χ1n) is 18.4. The molecule has 6 heteroatoms. The number of nitrogens with zero attached hydrogens (tertiary/aromatic N) is 2. The number of halogens is 1. The summed E-state index contributed by atoms with van der Waals surface area (Å²) in [5.74, 6) is -1.22. The molecule has 0 bridgehead atoms. The van der Waals surface area contributed by atoms with Crippen molar-refractivity contribution in [3.63, 3.8) is 0 Å². The first-order valence-corrected chi connectivity index (χ1v) is 20.4. The molecule has 3 nitrogen and oxygen atoms in total. The fourth-order valence-corrected chi connectivity index (χ4v) is 7.06. The third-order valence-corrected chi connectivity index (χ3v) is 10.9. The van der Waals surface area contributed by atoms with Crippen molar-refractivity contribution in [2.75, 3.05) is 0 Å². The van der Waals surface area contributed by atoms with Crippen molar-refractivity contribution >= 4 is 35.2 Å². The standard InChI is InChI=1S/C24H15FNO.C22H24NSi.Ir/c25-18-9-10-19-20-7-4-8-21(24(20)27-23(19)15-18)22-14-17(11-12-26-22)13-16-5-2-1-3-6-16;1-17(18-10-6-5-7-11-18)20-12-8-9-13-21(20)22-15-14-19(16-23-22)24(2,3)4;/h1-7,9-12,14-15H,13H2;5-12,14-17H,1-4H3;/q2*-1;/i13D2;17D;. The second kappa shape index (κ2) is 16.1. The fourth-order valence-electron chi connectivity index (χ4n) is 6.03. The van der Waals surface area contributed by atoms with Crippen LogP contribution in [0.2, 0.25) is 19.6 Å². The topological polar surface area (TPSA) is 38.9 Å². The molecule has 261 valence electrons. The van der Waals surface area contributed by atoms with Gasteiger partial charge in [0.1, 0.15) is 11.4 Å². The molecule has 1 radical (unpaired) electrons. The Balaban J connectivity index is 0.000000186. The Morgan fingerprint density at radius 3 is 2.23 bits per heavy atom. The number of hydrogen-bond acceptors (Lipinski definition) is 3. The molecule has 0 amide bonds. The van der Waals surface area contributed by atoms with E-state index in [0.717, 1.165) is 33.2 Å². The van der Waals surface area contributed by atoms with E-state index < -0.39 is 20.3 Å². The Kier molecular flexibility index (Phi) is 10.2. The fraction of sp³-hybridized carbons (Fsp3) is 0.130. The molecule has 0 spiro atoms. The van der Waals surface area contributed by atoms with Crippen LogP contribution in [0.4, 0.5) is 4.39 Å².